The Bertz CT molecular complexity index is 675. The van der Waals surface area contributed by atoms with E-state index in [1.54, 1.807) is 0 Å². The molecule has 3 fully saturated rings. The quantitative estimate of drug-likeness (QED) is 0.360. The number of likely N-dealkylation sites (tertiary alicyclic amines) is 1. The number of guanidine groups is 1. The van der Waals surface area contributed by atoms with Crippen LogP contribution in [-0.2, 0) is 11.3 Å². The standard InChI is InChI=1S/C22H35N5O.HI/c1-4-23-21(26-19-18-10-14-28-20(18)22(19,2)3)25-16-8-12-27(13-9-16)15-17-7-5-6-11-24-17;/h5-7,11,16,18-20H,4,8-10,12-15H2,1-3H3,(H2,23,25,26);1H. The van der Waals surface area contributed by atoms with Crippen molar-refractivity contribution in [2.24, 2.45) is 16.3 Å². The Balaban J connectivity index is 0.00000240. The van der Waals surface area contributed by atoms with E-state index in [1.807, 2.05) is 12.3 Å². The monoisotopic (exact) mass is 513 g/mol. The second kappa shape index (κ2) is 9.92. The Labute approximate surface area is 192 Å². The van der Waals surface area contributed by atoms with Gasteiger partial charge in [-0.1, -0.05) is 19.9 Å². The molecule has 0 radical (unpaired) electrons. The molecule has 2 saturated heterocycles. The number of hydrogen-bond acceptors (Lipinski definition) is 4. The number of fused-ring (bicyclic) bond motifs is 1. The summed E-state index contributed by atoms with van der Waals surface area (Å²) in [6.07, 6.45) is 5.73. The predicted molar refractivity (Wildman–Crippen MR) is 128 cm³/mol. The Morgan fingerprint density at radius 1 is 1.24 bits per heavy atom. The van der Waals surface area contributed by atoms with E-state index in [0.717, 1.165) is 63.7 Å². The van der Waals surface area contributed by atoms with Crippen molar-refractivity contribution in [3.05, 3.63) is 30.1 Å². The van der Waals surface area contributed by atoms with E-state index in [2.05, 4.69) is 53.4 Å². The SMILES string of the molecule is CCN=C(NC1CCN(Cc2ccccn2)CC1)NC1C2CCOC2C1(C)C.I. The molecule has 2 N–H and O–H groups in total. The van der Waals surface area contributed by atoms with Gasteiger partial charge in [0.15, 0.2) is 5.96 Å². The maximum absolute atomic E-state index is 5.94. The van der Waals surface area contributed by atoms with E-state index < -0.39 is 0 Å². The number of hydrogen-bond donors (Lipinski definition) is 2. The number of aliphatic imine (C=N–C) groups is 1. The topological polar surface area (TPSA) is 61.8 Å². The van der Waals surface area contributed by atoms with Crippen molar-refractivity contribution in [1.29, 1.82) is 0 Å². The van der Waals surface area contributed by atoms with Crippen LogP contribution in [0.5, 0.6) is 0 Å². The third-order valence-corrected chi connectivity index (χ3v) is 6.75. The third kappa shape index (κ3) is 5.05. The first-order valence-corrected chi connectivity index (χ1v) is 10.9. The van der Waals surface area contributed by atoms with E-state index in [1.165, 1.54) is 0 Å². The van der Waals surface area contributed by atoms with E-state index in [9.17, 15) is 0 Å². The Morgan fingerprint density at radius 3 is 2.72 bits per heavy atom. The third-order valence-electron chi connectivity index (χ3n) is 6.75. The number of ether oxygens (including phenoxy) is 1. The second-order valence-electron chi connectivity index (χ2n) is 9.03. The molecule has 7 heteroatoms. The van der Waals surface area contributed by atoms with Gasteiger partial charge >= 0.3 is 0 Å². The molecule has 3 unspecified atom stereocenters. The van der Waals surface area contributed by atoms with Crippen LogP contribution in [-0.4, -0.2) is 60.3 Å². The molecule has 1 aliphatic carbocycles. The first kappa shape index (κ1) is 22.7. The summed E-state index contributed by atoms with van der Waals surface area (Å²) < 4.78 is 5.94. The van der Waals surface area contributed by atoms with Gasteiger partial charge in [0, 0.05) is 62.4 Å². The zero-order valence-corrected chi connectivity index (χ0v) is 20.3. The maximum Gasteiger partial charge on any atom is 0.191 e. The molecule has 3 heterocycles. The lowest BCUT2D eigenvalue weighted by molar-refractivity contribution is -0.106. The number of halogens is 1. The van der Waals surface area contributed by atoms with Gasteiger partial charge < -0.3 is 15.4 Å². The van der Waals surface area contributed by atoms with Gasteiger partial charge in [-0.2, -0.15) is 0 Å². The summed E-state index contributed by atoms with van der Waals surface area (Å²) in [7, 11) is 0. The van der Waals surface area contributed by atoms with E-state index >= 15 is 0 Å². The molecule has 1 aromatic rings. The first-order chi connectivity index (χ1) is 13.6. The van der Waals surface area contributed by atoms with Crippen LogP contribution in [0.15, 0.2) is 29.4 Å². The molecule has 162 valence electrons. The Morgan fingerprint density at radius 2 is 2.03 bits per heavy atom. The lowest BCUT2D eigenvalue weighted by Gasteiger charge is -2.55. The first-order valence-electron chi connectivity index (χ1n) is 10.9. The van der Waals surface area contributed by atoms with Crippen LogP contribution in [0.3, 0.4) is 0 Å². The largest absolute Gasteiger partial charge is 0.377 e. The lowest BCUT2D eigenvalue weighted by Crippen LogP contribution is -2.68. The number of nitrogens with one attached hydrogen (secondary N) is 2. The van der Waals surface area contributed by atoms with Crippen LogP contribution < -0.4 is 10.6 Å². The van der Waals surface area contributed by atoms with Crippen molar-refractivity contribution in [3.8, 4) is 0 Å². The molecule has 29 heavy (non-hydrogen) atoms. The normalized spacial score (nSPS) is 29.5. The van der Waals surface area contributed by atoms with Gasteiger partial charge in [-0.05, 0) is 38.3 Å². The van der Waals surface area contributed by atoms with Crippen molar-refractivity contribution < 1.29 is 4.74 Å². The van der Waals surface area contributed by atoms with Gasteiger partial charge in [0.2, 0.25) is 0 Å². The lowest BCUT2D eigenvalue weighted by atomic mass is 9.57. The molecular formula is C22H36IN5O. The fourth-order valence-corrected chi connectivity index (χ4v) is 5.21. The van der Waals surface area contributed by atoms with Crippen LogP contribution in [0.4, 0.5) is 0 Å². The number of aromatic nitrogens is 1. The molecule has 4 rings (SSSR count). The Hall–Kier alpha value is -0.930. The molecular weight excluding hydrogens is 477 g/mol. The number of pyridine rings is 1. The molecule has 2 aliphatic heterocycles. The highest BCUT2D eigenvalue weighted by Gasteiger charge is 2.59. The molecule has 0 spiro atoms. The summed E-state index contributed by atoms with van der Waals surface area (Å²) in [5.41, 5.74) is 1.33. The predicted octanol–water partition coefficient (Wildman–Crippen LogP) is 3.03. The minimum atomic E-state index is 0. The van der Waals surface area contributed by atoms with Crippen LogP contribution in [0.1, 0.15) is 45.7 Å². The van der Waals surface area contributed by atoms with E-state index in [4.69, 9.17) is 9.73 Å². The molecule has 6 nitrogen and oxygen atoms in total. The summed E-state index contributed by atoms with van der Waals surface area (Å²) in [6, 6.07) is 7.08. The molecule has 0 aromatic carbocycles. The van der Waals surface area contributed by atoms with Gasteiger partial charge in [-0.3, -0.25) is 14.9 Å². The summed E-state index contributed by atoms with van der Waals surface area (Å²) in [5, 5.41) is 7.46. The molecule has 3 atom stereocenters. The van der Waals surface area contributed by atoms with Crippen molar-refractivity contribution in [2.75, 3.05) is 26.2 Å². The maximum atomic E-state index is 5.94. The number of piperidine rings is 1. The van der Waals surface area contributed by atoms with Gasteiger partial charge in [0.05, 0.1) is 11.8 Å². The van der Waals surface area contributed by atoms with Crippen molar-refractivity contribution in [3.63, 3.8) is 0 Å². The summed E-state index contributed by atoms with van der Waals surface area (Å²) in [6.45, 7) is 11.6. The highest BCUT2D eigenvalue weighted by atomic mass is 127. The zero-order valence-electron chi connectivity index (χ0n) is 17.9. The van der Waals surface area contributed by atoms with Gasteiger partial charge in [-0.15, -0.1) is 24.0 Å². The van der Waals surface area contributed by atoms with Gasteiger partial charge in [-0.25, -0.2) is 0 Å². The van der Waals surface area contributed by atoms with Crippen LogP contribution in [0.25, 0.3) is 0 Å². The molecule has 1 saturated carbocycles. The highest BCUT2D eigenvalue weighted by molar-refractivity contribution is 14.0. The van der Waals surface area contributed by atoms with Crippen LogP contribution in [0.2, 0.25) is 0 Å². The summed E-state index contributed by atoms with van der Waals surface area (Å²) in [5.74, 6) is 1.60. The second-order valence-corrected chi connectivity index (χ2v) is 9.03. The number of rotatable bonds is 5. The van der Waals surface area contributed by atoms with E-state index in [-0.39, 0.29) is 29.4 Å². The highest BCUT2D eigenvalue weighted by Crippen LogP contribution is 2.52. The average molecular weight is 513 g/mol. The Kier molecular flexibility index (Phi) is 7.78. The minimum absolute atomic E-state index is 0. The van der Waals surface area contributed by atoms with Gasteiger partial charge in [0.1, 0.15) is 0 Å². The van der Waals surface area contributed by atoms with Gasteiger partial charge in [0.25, 0.3) is 0 Å². The molecule has 0 amide bonds. The minimum Gasteiger partial charge on any atom is -0.377 e. The zero-order chi connectivity index (χ0) is 19.6. The van der Waals surface area contributed by atoms with Crippen molar-refractivity contribution >= 4 is 29.9 Å². The molecule has 1 aromatic heterocycles. The number of nitrogens with zero attached hydrogens (tertiary/aromatic N) is 3. The van der Waals surface area contributed by atoms with Crippen LogP contribution >= 0.6 is 24.0 Å². The smallest absolute Gasteiger partial charge is 0.191 e. The fraction of sp³-hybridized carbons (Fsp3) is 0.727. The van der Waals surface area contributed by atoms with Crippen molar-refractivity contribution in [2.45, 2.75) is 64.8 Å². The van der Waals surface area contributed by atoms with Crippen molar-refractivity contribution in [1.82, 2.24) is 20.5 Å². The molecule has 0 bridgehead atoms. The van der Waals surface area contributed by atoms with E-state index in [0.29, 0.717) is 24.1 Å². The molecule has 3 aliphatic rings. The fourth-order valence-electron chi connectivity index (χ4n) is 5.21. The summed E-state index contributed by atoms with van der Waals surface area (Å²) in [4.78, 5) is 11.7. The average Bonchev–Trinajstić information content (AvgIpc) is 3.16. The summed E-state index contributed by atoms with van der Waals surface area (Å²) >= 11 is 0. The van der Waals surface area contributed by atoms with Crippen LogP contribution in [0, 0.1) is 11.3 Å².